The summed E-state index contributed by atoms with van der Waals surface area (Å²) in [6.45, 7) is 4.24. The van der Waals surface area contributed by atoms with E-state index in [-0.39, 0.29) is 5.56 Å². The zero-order chi connectivity index (χ0) is 15.5. The van der Waals surface area contributed by atoms with Gasteiger partial charge in [-0.25, -0.2) is 0 Å². The molecule has 112 valence electrons. The smallest absolute Gasteiger partial charge is 0.255 e. The van der Waals surface area contributed by atoms with Gasteiger partial charge in [-0.2, -0.15) is 5.10 Å². The molecule has 0 atom stereocenters. The van der Waals surface area contributed by atoms with E-state index in [2.05, 4.69) is 27.1 Å². The van der Waals surface area contributed by atoms with Gasteiger partial charge in [-0.15, -0.1) is 11.3 Å². The van der Waals surface area contributed by atoms with Gasteiger partial charge in [0.05, 0.1) is 22.3 Å². The molecule has 3 N–H and O–H groups in total. The molecular formula is C15H13ClN4OS. The van der Waals surface area contributed by atoms with E-state index < -0.39 is 0 Å². The standard InChI is InChI=1S/C15H13ClN4OS/c1-2-9-3-5-11(18-15(9)21)12-7-14(20-19-12)17-8-10-4-6-13(16)22-10/h2-7H,1,8H2,(H,18,21)(H2,17,19,20). The summed E-state index contributed by atoms with van der Waals surface area (Å²) < 4.78 is 0.763. The molecule has 0 aliphatic heterocycles. The monoisotopic (exact) mass is 332 g/mol. The Labute approximate surface area is 135 Å². The number of halogens is 1. The highest BCUT2D eigenvalue weighted by molar-refractivity contribution is 7.16. The van der Waals surface area contributed by atoms with Crippen molar-refractivity contribution in [1.29, 1.82) is 0 Å². The second-order valence-corrected chi connectivity index (χ2v) is 6.39. The molecule has 0 unspecified atom stereocenters. The van der Waals surface area contributed by atoms with Crippen molar-refractivity contribution in [2.24, 2.45) is 0 Å². The molecule has 0 bridgehead atoms. The lowest BCUT2D eigenvalue weighted by Gasteiger charge is -1.99. The minimum atomic E-state index is -0.176. The van der Waals surface area contributed by atoms with Gasteiger partial charge in [0.25, 0.3) is 5.56 Å². The Morgan fingerprint density at radius 3 is 2.86 bits per heavy atom. The number of thiophene rings is 1. The van der Waals surface area contributed by atoms with Gasteiger partial charge in [0.1, 0.15) is 5.82 Å². The van der Waals surface area contributed by atoms with Crippen LogP contribution in [0.3, 0.4) is 0 Å². The molecule has 0 aliphatic carbocycles. The Balaban J connectivity index is 1.74. The van der Waals surface area contributed by atoms with Crippen molar-refractivity contribution in [3.8, 4) is 11.4 Å². The van der Waals surface area contributed by atoms with Crippen LogP contribution in [0.2, 0.25) is 4.34 Å². The fraction of sp³-hybridized carbons (Fsp3) is 0.0667. The first-order valence-corrected chi connectivity index (χ1v) is 7.75. The average Bonchev–Trinajstić information content (AvgIpc) is 3.14. The van der Waals surface area contributed by atoms with E-state index in [1.54, 1.807) is 6.07 Å². The third-order valence-corrected chi connectivity index (χ3v) is 4.33. The Morgan fingerprint density at radius 1 is 1.32 bits per heavy atom. The van der Waals surface area contributed by atoms with Crippen LogP contribution >= 0.6 is 22.9 Å². The molecule has 0 radical (unpaired) electrons. The first-order valence-electron chi connectivity index (χ1n) is 6.55. The van der Waals surface area contributed by atoms with Gasteiger partial charge < -0.3 is 10.3 Å². The highest BCUT2D eigenvalue weighted by Gasteiger charge is 2.06. The number of nitrogens with one attached hydrogen (secondary N) is 3. The topological polar surface area (TPSA) is 73.6 Å². The zero-order valence-corrected chi connectivity index (χ0v) is 13.1. The summed E-state index contributed by atoms with van der Waals surface area (Å²) in [5.41, 5.74) is 1.77. The van der Waals surface area contributed by atoms with Crippen LogP contribution in [0.5, 0.6) is 0 Å². The highest BCUT2D eigenvalue weighted by atomic mass is 35.5. The van der Waals surface area contributed by atoms with Crippen LogP contribution in [0, 0.1) is 0 Å². The van der Waals surface area contributed by atoms with E-state index in [1.807, 2.05) is 24.3 Å². The van der Waals surface area contributed by atoms with Crippen LogP contribution in [-0.4, -0.2) is 15.2 Å². The molecule has 0 saturated heterocycles. The Bertz CT molecular complexity index is 864. The fourth-order valence-electron chi connectivity index (χ4n) is 1.98. The minimum absolute atomic E-state index is 0.176. The largest absolute Gasteiger partial charge is 0.364 e. The number of rotatable bonds is 5. The van der Waals surface area contributed by atoms with E-state index in [9.17, 15) is 4.79 Å². The number of anilines is 1. The van der Waals surface area contributed by atoms with Crippen LogP contribution in [0.15, 0.2) is 41.7 Å². The summed E-state index contributed by atoms with van der Waals surface area (Å²) in [7, 11) is 0. The average molecular weight is 333 g/mol. The summed E-state index contributed by atoms with van der Waals surface area (Å²) >= 11 is 7.42. The van der Waals surface area contributed by atoms with Crippen LogP contribution < -0.4 is 10.9 Å². The summed E-state index contributed by atoms with van der Waals surface area (Å²) in [5, 5.41) is 10.3. The second kappa shape index (κ2) is 6.21. The van der Waals surface area contributed by atoms with Gasteiger partial charge in [-0.1, -0.05) is 24.3 Å². The lowest BCUT2D eigenvalue weighted by molar-refractivity contribution is 1.05. The molecule has 0 fully saturated rings. The molecule has 5 nitrogen and oxygen atoms in total. The maximum absolute atomic E-state index is 11.8. The van der Waals surface area contributed by atoms with Gasteiger partial charge in [0.2, 0.25) is 0 Å². The van der Waals surface area contributed by atoms with Gasteiger partial charge in [-0.3, -0.25) is 9.89 Å². The molecule has 22 heavy (non-hydrogen) atoms. The summed E-state index contributed by atoms with van der Waals surface area (Å²) in [4.78, 5) is 15.7. The highest BCUT2D eigenvalue weighted by Crippen LogP contribution is 2.23. The first-order chi connectivity index (χ1) is 10.7. The van der Waals surface area contributed by atoms with Crippen LogP contribution in [0.1, 0.15) is 10.4 Å². The molecule has 0 aromatic carbocycles. The van der Waals surface area contributed by atoms with Crippen molar-refractivity contribution in [3.05, 3.63) is 62.0 Å². The number of aromatic nitrogens is 3. The van der Waals surface area contributed by atoms with Crippen LogP contribution in [0.4, 0.5) is 5.82 Å². The second-order valence-electron chi connectivity index (χ2n) is 4.59. The van der Waals surface area contributed by atoms with Gasteiger partial charge >= 0.3 is 0 Å². The van der Waals surface area contributed by atoms with E-state index in [4.69, 9.17) is 11.6 Å². The quantitative estimate of drug-likeness (QED) is 0.666. The summed E-state index contributed by atoms with van der Waals surface area (Å²) in [6.07, 6.45) is 1.52. The van der Waals surface area contributed by atoms with Crippen molar-refractivity contribution in [2.75, 3.05) is 5.32 Å². The molecule has 3 aromatic rings. The summed E-state index contributed by atoms with van der Waals surface area (Å²) in [5.74, 6) is 0.702. The molecule has 0 amide bonds. The van der Waals surface area contributed by atoms with Gasteiger partial charge in [-0.05, 0) is 24.3 Å². The van der Waals surface area contributed by atoms with Crippen molar-refractivity contribution >= 4 is 34.8 Å². The molecular weight excluding hydrogens is 320 g/mol. The number of aromatic amines is 2. The van der Waals surface area contributed by atoms with Crippen molar-refractivity contribution in [3.63, 3.8) is 0 Å². The minimum Gasteiger partial charge on any atom is -0.364 e. The number of pyridine rings is 1. The molecule has 0 aliphatic rings. The molecule has 0 saturated carbocycles. The first kappa shape index (κ1) is 14.6. The SMILES string of the molecule is C=Cc1ccc(-c2cc(NCc3ccc(Cl)s3)n[nH]2)[nH]c1=O. The third-order valence-electron chi connectivity index (χ3n) is 3.10. The maximum atomic E-state index is 11.8. The Kier molecular flexibility index (Phi) is 4.13. The van der Waals surface area contributed by atoms with Crippen LogP contribution in [-0.2, 0) is 6.54 Å². The number of hydrogen-bond acceptors (Lipinski definition) is 4. The molecule has 3 rings (SSSR count). The zero-order valence-electron chi connectivity index (χ0n) is 11.5. The predicted octanol–water partition coefficient (Wildman–Crippen LogP) is 3.74. The number of nitrogens with zero attached hydrogens (tertiary/aromatic N) is 1. The number of hydrogen-bond donors (Lipinski definition) is 3. The maximum Gasteiger partial charge on any atom is 0.255 e. The molecule has 7 heteroatoms. The lowest BCUT2D eigenvalue weighted by Crippen LogP contribution is -2.09. The van der Waals surface area contributed by atoms with Crippen molar-refractivity contribution in [2.45, 2.75) is 6.54 Å². The van der Waals surface area contributed by atoms with Crippen molar-refractivity contribution < 1.29 is 0 Å². The lowest BCUT2D eigenvalue weighted by atomic mass is 10.2. The van der Waals surface area contributed by atoms with E-state index >= 15 is 0 Å². The predicted molar refractivity (Wildman–Crippen MR) is 91.4 cm³/mol. The Hall–Kier alpha value is -2.31. The van der Waals surface area contributed by atoms with E-state index in [0.717, 1.165) is 14.9 Å². The third kappa shape index (κ3) is 3.13. The number of H-pyrrole nitrogens is 2. The molecule has 0 spiro atoms. The molecule has 3 aromatic heterocycles. The van der Waals surface area contributed by atoms with Crippen LogP contribution in [0.25, 0.3) is 17.5 Å². The summed E-state index contributed by atoms with van der Waals surface area (Å²) in [6, 6.07) is 9.22. The molecule has 3 heterocycles. The van der Waals surface area contributed by atoms with E-state index in [1.165, 1.54) is 17.4 Å². The van der Waals surface area contributed by atoms with Gasteiger partial charge in [0, 0.05) is 16.5 Å². The van der Waals surface area contributed by atoms with E-state index in [0.29, 0.717) is 23.6 Å². The van der Waals surface area contributed by atoms with Gasteiger partial charge in [0.15, 0.2) is 0 Å². The van der Waals surface area contributed by atoms with Crippen molar-refractivity contribution in [1.82, 2.24) is 15.2 Å². The Morgan fingerprint density at radius 2 is 2.18 bits per heavy atom. The fourth-order valence-corrected chi connectivity index (χ4v) is 3.00. The normalized spacial score (nSPS) is 10.6.